The molecule has 0 saturated carbocycles. The number of nitrogens with one attached hydrogen (secondary N) is 1. The van der Waals surface area contributed by atoms with Crippen molar-refractivity contribution < 1.29 is 4.74 Å². The molecule has 1 aliphatic heterocycles. The Balaban J connectivity index is 1.86. The Kier molecular flexibility index (Phi) is 3.75. The van der Waals surface area contributed by atoms with Gasteiger partial charge in [-0.1, -0.05) is 0 Å². The second-order valence-corrected chi connectivity index (χ2v) is 4.09. The highest BCUT2D eigenvalue weighted by Gasteiger charge is 2.14. The predicted octanol–water partition coefficient (Wildman–Crippen LogP) is 1.17. The molecule has 15 heavy (non-hydrogen) atoms. The lowest BCUT2D eigenvalue weighted by atomic mass is 10.1. The molecular formula is C11H19N3O. The largest absolute Gasteiger partial charge is 0.376 e. The highest BCUT2D eigenvalue weighted by molar-refractivity contribution is 5.03. The van der Waals surface area contributed by atoms with E-state index in [9.17, 15) is 0 Å². The molecule has 2 heterocycles. The molecule has 1 saturated heterocycles. The van der Waals surface area contributed by atoms with Crippen LogP contribution in [0.2, 0.25) is 0 Å². The average Bonchev–Trinajstić information content (AvgIpc) is 2.68. The molecular weight excluding hydrogens is 190 g/mol. The number of nitrogens with zero attached hydrogens (tertiary/aromatic N) is 2. The van der Waals surface area contributed by atoms with E-state index in [1.54, 1.807) is 0 Å². The molecule has 1 N–H and O–H groups in total. The maximum absolute atomic E-state index is 5.67. The maximum atomic E-state index is 5.67. The van der Waals surface area contributed by atoms with Crippen LogP contribution in [-0.4, -0.2) is 29.5 Å². The van der Waals surface area contributed by atoms with Crippen molar-refractivity contribution in [2.24, 2.45) is 0 Å². The van der Waals surface area contributed by atoms with Crippen molar-refractivity contribution in [3.8, 4) is 0 Å². The van der Waals surface area contributed by atoms with Gasteiger partial charge in [-0.3, -0.25) is 4.68 Å². The second-order valence-electron chi connectivity index (χ2n) is 4.09. The van der Waals surface area contributed by atoms with Gasteiger partial charge in [0.1, 0.15) is 0 Å². The Morgan fingerprint density at radius 2 is 2.53 bits per heavy atom. The summed E-state index contributed by atoms with van der Waals surface area (Å²) >= 11 is 0. The van der Waals surface area contributed by atoms with Crippen LogP contribution in [0.5, 0.6) is 0 Å². The van der Waals surface area contributed by atoms with E-state index in [1.165, 1.54) is 24.8 Å². The van der Waals surface area contributed by atoms with E-state index in [0.29, 0.717) is 6.10 Å². The summed E-state index contributed by atoms with van der Waals surface area (Å²) in [7, 11) is 1.95. The van der Waals surface area contributed by atoms with Crippen molar-refractivity contribution in [1.29, 1.82) is 0 Å². The summed E-state index contributed by atoms with van der Waals surface area (Å²) in [5.41, 5.74) is 1.23. The molecule has 0 amide bonds. The van der Waals surface area contributed by atoms with Gasteiger partial charge in [-0.05, 0) is 26.3 Å². The van der Waals surface area contributed by atoms with Crippen LogP contribution < -0.4 is 5.32 Å². The standard InChI is InChI=1S/C11H19N3O/c1-12-6-10-7-13-14(8-10)9-11-4-2-3-5-15-11/h7-8,11-12H,2-6,9H2,1H3. The molecule has 0 aromatic carbocycles. The molecule has 1 atom stereocenters. The van der Waals surface area contributed by atoms with E-state index in [2.05, 4.69) is 16.6 Å². The molecule has 4 heteroatoms. The van der Waals surface area contributed by atoms with E-state index in [4.69, 9.17) is 4.74 Å². The number of aromatic nitrogens is 2. The number of hydrogen-bond donors (Lipinski definition) is 1. The zero-order chi connectivity index (χ0) is 10.5. The van der Waals surface area contributed by atoms with Crippen LogP contribution in [0, 0.1) is 0 Å². The first kappa shape index (κ1) is 10.6. The number of ether oxygens (including phenoxy) is 1. The molecule has 0 bridgehead atoms. The number of hydrogen-bond acceptors (Lipinski definition) is 3. The van der Waals surface area contributed by atoms with E-state index < -0.39 is 0 Å². The smallest absolute Gasteiger partial charge is 0.0770 e. The van der Waals surface area contributed by atoms with Gasteiger partial charge < -0.3 is 10.1 Å². The van der Waals surface area contributed by atoms with Gasteiger partial charge in [0.25, 0.3) is 0 Å². The molecule has 0 spiro atoms. The van der Waals surface area contributed by atoms with Gasteiger partial charge in [-0.15, -0.1) is 0 Å². The molecule has 2 rings (SSSR count). The Hall–Kier alpha value is -0.870. The number of rotatable bonds is 4. The maximum Gasteiger partial charge on any atom is 0.0770 e. The molecule has 1 fully saturated rings. The van der Waals surface area contributed by atoms with E-state index in [1.807, 2.05) is 17.9 Å². The topological polar surface area (TPSA) is 39.1 Å². The summed E-state index contributed by atoms with van der Waals surface area (Å²) in [6, 6.07) is 0. The van der Waals surface area contributed by atoms with Gasteiger partial charge in [0.15, 0.2) is 0 Å². The lowest BCUT2D eigenvalue weighted by Gasteiger charge is -2.22. The van der Waals surface area contributed by atoms with Crippen molar-refractivity contribution >= 4 is 0 Å². The van der Waals surface area contributed by atoms with Crippen LogP contribution in [0.25, 0.3) is 0 Å². The molecule has 84 valence electrons. The SMILES string of the molecule is CNCc1cnn(CC2CCCCO2)c1. The van der Waals surface area contributed by atoms with Gasteiger partial charge in [-0.25, -0.2) is 0 Å². The highest BCUT2D eigenvalue weighted by Crippen LogP contribution is 2.14. The molecule has 4 nitrogen and oxygen atoms in total. The molecule has 1 aromatic rings. The van der Waals surface area contributed by atoms with Gasteiger partial charge >= 0.3 is 0 Å². The average molecular weight is 209 g/mol. The minimum absolute atomic E-state index is 0.362. The minimum atomic E-state index is 0.362. The van der Waals surface area contributed by atoms with Gasteiger partial charge in [0.2, 0.25) is 0 Å². The molecule has 1 unspecified atom stereocenters. The van der Waals surface area contributed by atoms with Crippen molar-refractivity contribution in [3.63, 3.8) is 0 Å². The van der Waals surface area contributed by atoms with Gasteiger partial charge in [0, 0.05) is 24.9 Å². The van der Waals surface area contributed by atoms with Crippen LogP contribution >= 0.6 is 0 Å². The lowest BCUT2D eigenvalue weighted by molar-refractivity contribution is 0.00398. The van der Waals surface area contributed by atoms with Crippen molar-refractivity contribution in [3.05, 3.63) is 18.0 Å². The van der Waals surface area contributed by atoms with Crippen molar-refractivity contribution in [1.82, 2.24) is 15.1 Å². The monoisotopic (exact) mass is 209 g/mol. The van der Waals surface area contributed by atoms with Crippen LogP contribution in [0.4, 0.5) is 0 Å². The molecule has 1 aromatic heterocycles. The van der Waals surface area contributed by atoms with Gasteiger partial charge in [0.05, 0.1) is 18.8 Å². The lowest BCUT2D eigenvalue weighted by Crippen LogP contribution is -2.24. The quantitative estimate of drug-likeness (QED) is 0.809. The summed E-state index contributed by atoms with van der Waals surface area (Å²) in [4.78, 5) is 0. The summed E-state index contributed by atoms with van der Waals surface area (Å²) in [6.45, 7) is 2.69. The first-order valence-corrected chi connectivity index (χ1v) is 5.66. The van der Waals surface area contributed by atoms with E-state index in [-0.39, 0.29) is 0 Å². The van der Waals surface area contributed by atoms with E-state index >= 15 is 0 Å². The summed E-state index contributed by atoms with van der Waals surface area (Å²) in [5.74, 6) is 0. The van der Waals surface area contributed by atoms with E-state index in [0.717, 1.165) is 19.7 Å². The zero-order valence-electron chi connectivity index (χ0n) is 9.28. The Morgan fingerprint density at radius 3 is 3.27 bits per heavy atom. The fourth-order valence-corrected chi connectivity index (χ4v) is 1.96. The summed E-state index contributed by atoms with van der Waals surface area (Å²) in [6.07, 6.45) is 8.03. The first-order valence-electron chi connectivity index (χ1n) is 5.66. The van der Waals surface area contributed by atoms with Crippen LogP contribution in [0.3, 0.4) is 0 Å². The third kappa shape index (κ3) is 3.04. The second kappa shape index (κ2) is 5.28. The molecule has 0 aliphatic carbocycles. The van der Waals surface area contributed by atoms with Crippen LogP contribution in [-0.2, 0) is 17.8 Å². The molecule has 0 radical (unpaired) electrons. The Labute approximate surface area is 90.6 Å². The fraction of sp³-hybridized carbons (Fsp3) is 0.727. The fourth-order valence-electron chi connectivity index (χ4n) is 1.96. The highest BCUT2D eigenvalue weighted by atomic mass is 16.5. The third-order valence-electron chi connectivity index (χ3n) is 2.73. The summed E-state index contributed by atoms with van der Waals surface area (Å²) in [5, 5.41) is 7.44. The Bertz CT molecular complexity index is 292. The third-order valence-corrected chi connectivity index (χ3v) is 2.73. The first-order chi connectivity index (χ1) is 7.38. The molecule has 1 aliphatic rings. The normalized spacial score (nSPS) is 21.8. The summed E-state index contributed by atoms with van der Waals surface area (Å²) < 4.78 is 7.66. The minimum Gasteiger partial charge on any atom is -0.376 e. The van der Waals surface area contributed by atoms with Crippen molar-refractivity contribution in [2.75, 3.05) is 13.7 Å². The zero-order valence-corrected chi connectivity index (χ0v) is 9.28. The predicted molar refractivity (Wildman–Crippen MR) is 58.6 cm³/mol. The van der Waals surface area contributed by atoms with Crippen molar-refractivity contribution in [2.45, 2.75) is 38.5 Å². The Morgan fingerprint density at radius 1 is 1.60 bits per heavy atom. The van der Waals surface area contributed by atoms with Crippen LogP contribution in [0.15, 0.2) is 12.4 Å². The van der Waals surface area contributed by atoms with Gasteiger partial charge in [-0.2, -0.15) is 5.10 Å². The van der Waals surface area contributed by atoms with Crippen LogP contribution in [0.1, 0.15) is 24.8 Å².